The molecular formula is C19H26N4O2. The summed E-state index contributed by atoms with van der Waals surface area (Å²) in [6.07, 6.45) is 4.35. The Morgan fingerprint density at radius 1 is 1.12 bits per heavy atom. The molecule has 6 nitrogen and oxygen atoms in total. The fourth-order valence-corrected chi connectivity index (χ4v) is 3.52. The third-order valence-electron chi connectivity index (χ3n) is 5.08. The molecule has 1 aromatic rings. The van der Waals surface area contributed by atoms with E-state index in [1.165, 1.54) is 0 Å². The highest BCUT2D eigenvalue weighted by Gasteiger charge is 2.26. The van der Waals surface area contributed by atoms with Crippen molar-refractivity contribution in [3.05, 3.63) is 29.8 Å². The number of nitrogens with zero attached hydrogens (tertiary/aromatic N) is 2. The van der Waals surface area contributed by atoms with Gasteiger partial charge in [-0.25, -0.2) is 0 Å². The lowest BCUT2D eigenvalue weighted by molar-refractivity contribution is -0.125. The third kappa shape index (κ3) is 4.18. The van der Waals surface area contributed by atoms with Gasteiger partial charge in [-0.3, -0.25) is 14.6 Å². The number of hydrazone groups is 1. The Balaban J connectivity index is 1.53. The summed E-state index contributed by atoms with van der Waals surface area (Å²) in [6, 6.07) is 7.74. The summed E-state index contributed by atoms with van der Waals surface area (Å²) in [4.78, 5) is 24.1. The predicted octanol–water partition coefficient (Wildman–Crippen LogP) is 2.31. The van der Waals surface area contributed by atoms with Crippen LogP contribution < -0.4 is 15.6 Å². The van der Waals surface area contributed by atoms with Crippen molar-refractivity contribution in [2.45, 2.75) is 45.1 Å². The lowest BCUT2D eigenvalue weighted by Gasteiger charge is -2.28. The highest BCUT2D eigenvalue weighted by Crippen LogP contribution is 2.25. The quantitative estimate of drug-likeness (QED) is 0.882. The van der Waals surface area contributed by atoms with Gasteiger partial charge in [0.1, 0.15) is 0 Å². The predicted molar refractivity (Wildman–Crippen MR) is 98.8 cm³/mol. The van der Waals surface area contributed by atoms with Crippen molar-refractivity contribution in [2.75, 3.05) is 18.6 Å². The maximum absolute atomic E-state index is 12.4. The van der Waals surface area contributed by atoms with Gasteiger partial charge in [0.25, 0.3) is 5.91 Å². The first-order valence-corrected chi connectivity index (χ1v) is 9.01. The van der Waals surface area contributed by atoms with Crippen molar-refractivity contribution >= 4 is 23.2 Å². The van der Waals surface area contributed by atoms with Crippen molar-refractivity contribution in [3.63, 3.8) is 0 Å². The molecule has 6 heteroatoms. The van der Waals surface area contributed by atoms with Gasteiger partial charge in [0.15, 0.2) is 0 Å². The van der Waals surface area contributed by atoms with Crippen molar-refractivity contribution in [3.8, 4) is 0 Å². The zero-order chi connectivity index (χ0) is 17.8. The fraction of sp³-hybridized carbons (Fsp3) is 0.526. The molecule has 1 aliphatic carbocycles. The van der Waals surface area contributed by atoms with E-state index in [4.69, 9.17) is 0 Å². The second-order valence-electron chi connectivity index (χ2n) is 6.89. The summed E-state index contributed by atoms with van der Waals surface area (Å²) < 4.78 is 0. The van der Waals surface area contributed by atoms with Gasteiger partial charge in [-0.1, -0.05) is 0 Å². The highest BCUT2D eigenvalue weighted by atomic mass is 16.2. The molecule has 25 heavy (non-hydrogen) atoms. The lowest BCUT2D eigenvalue weighted by Crippen LogP contribution is -2.40. The number of carbonyl (C=O) groups excluding carboxylic acids is 2. The van der Waals surface area contributed by atoms with E-state index in [-0.39, 0.29) is 23.8 Å². The van der Waals surface area contributed by atoms with Crippen LogP contribution in [-0.4, -0.2) is 37.2 Å². The zero-order valence-electron chi connectivity index (χ0n) is 14.9. The molecule has 2 N–H and O–H groups in total. The molecule has 1 aromatic carbocycles. The topological polar surface area (TPSA) is 73.8 Å². The van der Waals surface area contributed by atoms with Crippen molar-refractivity contribution in [2.24, 2.45) is 11.0 Å². The van der Waals surface area contributed by atoms with Crippen LogP contribution >= 0.6 is 0 Å². The monoisotopic (exact) mass is 342 g/mol. The number of hydrogen-bond donors (Lipinski definition) is 2. The zero-order valence-corrected chi connectivity index (χ0v) is 14.9. The first-order chi connectivity index (χ1) is 12.1. The van der Waals surface area contributed by atoms with Crippen LogP contribution in [0, 0.1) is 5.92 Å². The van der Waals surface area contributed by atoms with E-state index in [9.17, 15) is 9.59 Å². The molecular weight excluding hydrogens is 316 g/mol. The second kappa shape index (κ2) is 7.68. The number of benzene rings is 1. The average Bonchev–Trinajstić information content (AvgIpc) is 3.08. The molecule has 134 valence electrons. The normalized spacial score (nSPS) is 23.1. The minimum Gasteiger partial charge on any atom is -0.359 e. The van der Waals surface area contributed by atoms with E-state index in [2.05, 4.69) is 15.7 Å². The summed E-state index contributed by atoms with van der Waals surface area (Å²) in [5.74, 6) is 0.151. The van der Waals surface area contributed by atoms with E-state index in [1.54, 1.807) is 7.05 Å². The molecule has 3 rings (SSSR count). The molecule has 0 atom stereocenters. The van der Waals surface area contributed by atoms with E-state index in [0.717, 1.165) is 50.0 Å². The van der Waals surface area contributed by atoms with Gasteiger partial charge in [0, 0.05) is 43.2 Å². The Labute approximate surface area is 148 Å². The maximum atomic E-state index is 12.4. The second-order valence-corrected chi connectivity index (χ2v) is 6.89. The van der Waals surface area contributed by atoms with E-state index in [1.807, 2.05) is 36.2 Å². The summed E-state index contributed by atoms with van der Waals surface area (Å²) in [5, 5.41) is 12.2. The van der Waals surface area contributed by atoms with Gasteiger partial charge in [0.2, 0.25) is 5.91 Å². The van der Waals surface area contributed by atoms with Gasteiger partial charge in [-0.15, -0.1) is 0 Å². The fourth-order valence-electron chi connectivity index (χ4n) is 3.52. The van der Waals surface area contributed by atoms with Gasteiger partial charge in [0.05, 0.1) is 5.69 Å². The first-order valence-electron chi connectivity index (χ1n) is 9.01. The van der Waals surface area contributed by atoms with Crippen LogP contribution in [0.4, 0.5) is 5.69 Å². The van der Waals surface area contributed by atoms with Gasteiger partial charge in [-0.2, -0.15) is 5.10 Å². The largest absolute Gasteiger partial charge is 0.359 e. The molecule has 2 amide bonds. The van der Waals surface area contributed by atoms with Crippen LogP contribution in [0.5, 0.6) is 0 Å². The Bertz CT molecular complexity index is 661. The van der Waals surface area contributed by atoms with Gasteiger partial charge < -0.3 is 10.6 Å². The average molecular weight is 342 g/mol. The lowest BCUT2D eigenvalue weighted by atomic mass is 9.85. The smallest absolute Gasteiger partial charge is 0.251 e. The Morgan fingerprint density at radius 2 is 1.80 bits per heavy atom. The van der Waals surface area contributed by atoms with Crippen molar-refractivity contribution < 1.29 is 9.59 Å². The molecule has 1 fully saturated rings. The molecule has 1 heterocycles. The highest BCUT2D eigenvalue weighted by molar-refractivity contribution is 5.95. The number of rotatable bonds is 4. The molecule has 0 unspecified atom stereocenters. The molecule has 2 aliphatic rings. The van der Waals surface area contributed by atoms with Crippen molar-refractivity contribution in [1.82, 2.24) is 10.6 Å². The number of nitrogens with one attached hydrogen (secondary N) is 2. The Morgan fingerprint density at radius 3 is 2.36 bits per heavy atom. The van der Waals surface area contributed by atoms with Crippen LogP contribution in [0.2, 0.25) is 0 Å². The minimum atomic E-state index is -0.0453. The molecule has 0 bridgehead atoms. The van der Waals surface area contributed by atoms with E-state index < -0.39 is 0 Å². The van der Waals surface area contributed by atoms with Crippen LogP contribution in [0.3, 0.4) is 0 Å². The van der Waals surface area contributed by atoms with Crippen molar-refractivity contribution in [1.29, 1.82) is 0 Å². The van der Waals surface area contributed by atoms with Crippen LogP contribution in [0.15, 0.2) is 29.4 Å². The summed E-state index contributed by atoms with van der Waals surface area (Å²) in [5.41, 5.74) is 2.81. The number of anilines is 1. The van der Waals surface area contributed by atoms with Gasteiger partial charge in [-0.05, 0) is 56.9 Å². The molecule has 0 radical (unpaired) electrons. The molecule has 0 saturated heterocycles. The minimum absolute atomic E-state index is 0.0453. The third-order valence-corrected chi connectivity index (χ3v) is 5.08. The summed E-state index contributed by atoms with van der Waals surface area (Å²) in [6.45, 7) is 2.92. The Kier molecular flexibility index (Phi) is 5.36. The van der Waals surface area contributed by atoms with Crippen LogP contribution in [0.25, 0.3) is 0 Å². The standard InChI is InChI=1S/C19H26N4O2/c1-13-11-12-23(22-13)17-9-5-15(6-10-17)19(25)21-16-7-3-14(4-8-16)18(24)20-2/h5-6,9-10,14,16H,3-4,7-8,11-12H2,1-2H3,(H,20,24)(H,21,25). The van der Waals surface area contributed by atoms with Crippen LogP contribution in [0.1, 0.15) is 49.4 Å². The van der Waals surface area contributed by atoms with E-state index >= 15 is 0 Å². The maximum Gasteiger partial charge on any atom is 0.251 e. The summed E-state index contributed by atoms with van der Waals surface area (Å²) in [7, 11) is 1.68. The summed E-state index contributed by atoms with van der Waals surface area (Å²) >= 11 is 0. The van der Waals surface area contributed by atoms with E-state index in [0.29, 0.717) is 5.56 Å². The van der Waals surface area contributed by atoms with Crippen LogP contribution in [-0.2, 0) is 4.79 Å². The number of amides is 2. The molecule has 0 spiro atoms. The number of hydrogen-bond acceptors (Lipinski definition) is 4. The Hall–Kier alpha value is -2.37. The van der Waals surface area contributed by atoms with Gasteiger partial charge >= 0.3 is 0 Å². The molecule has 0 aromatic heterocycles. The SMILES string of the molecule is CNC(=O)C1CCC(NC(=O)c2ccc(N3CCC(C)=N3)cc2)CC1. The molecule has 1 saturated carbocycles. The number of carbonyl (C=O) groups is 2. The molecule has 1 aliphatic heterocycles. The first kappa shape index (κ1) is 17.5.